The lowest BCUT2D eigenvalue weighted by Gasteiger charge is -2.38. The third-order valence-electron chi connectivity index (χ3n) is 7.48. The van der Waals surface area contributed by atoms with Crippen LogP contribution in [0.25, 0.3) is 11.1 Å². The van der Waals surface area contributed by atoms with E-state index < -0.39 is 0 Å². The SMILES string of the molecule is C#N.COc1cccc(-c2cc(C(C)C)nc(N3CCN(C(=O)c4ccco4)CC3)c2C2CCCN2C)c1. The molecule has 1 atom stereocenters. The minimum atomic E-state index is -0.0450. The van der Waals surface area contributed by atoms with Crippen LogP contribution in [0, 0.1) is 11.8 Å². The molecular formula is C30H37N5O3. The lowest BCUT2D eigenvalue weighted by atomic mass is 9.91. The molecule has 0 saturated carbocycles. The van der Waals surface area contributed by atoms with E-state index in [2.05, 4.69) is 61.5 Å². The summed E-state index contributed by atoms with van der Waals surface area (Å²) in [6.45, 7) is 11.7. The summed E-state index contributed by atoms with van der Waals surface area (Å²) in [5.41, 5.74) is 4.76. The molecule has 2 fully saturated rings. The predicted molar refractivity (Wildman–Crippen MR) is 148 cm³/mol. The summed E-state index contributed by atoms with van der Waals surface area (Å²) in [6, 6.07) is 14.4. The van der Waals surface area contributed by atoms with Crippen LogP contribution in [0.2, 0.25) is 0 Å². The number of hydrogen-bond donors (Lipinski definition) is 0. The smallest absolute Gasteiger partial charge is 0.289 e. The Hall–Kier alpha value is -3.83. The molecule has 8 nitrogen and oxygen atoms in total. The average Bonchev–Trinajstić information content (AvgIpc) is 3.65. The van der Waals surface area contributed by atoms with E-state index in [1.807, 2.05) is 11.0 Å². The Morgan fingerprint density at radius 1 is 1.11 bits per heavy atom. The van der Waals surface area contributed by atoms with E-state index >= 15 is 0 Å². The number of carbonyl (C=O) groups excluding carboxylic acids is 1. The van der Waals surface area contributed by atoms with Crippen molar-refractivity contribution in [3.8, 4) is 23.4 Å². The number of aromatic nitrogens is 1. The van der Waals surface area contributed by atoms with E-state index in [1.54, 1.807) is 25.5 Å². The number of amides is 1. The van der Waals surface area contributed by atoms with Gasteiger partial charge in [0, 0.05) is 50.1 Å². The first-order valence-corrected chi connectivity index (χ1v) is 13.2. The molecule has 3 aromatic rings. The topological polar surface area (TPSA) is 85.8 Å². The number of piperazine rings is 1. The number of anilines is 1. The van der Waals surface area contributed by atoms with Crippen LogP contribution in [0.3, 0.4) is 0 Å². The summed E-state index contributed by atoms with van der Waals surface area (Å²) in [5.74, 6) is 2.56. The van der Waals surface area contributed by atoms with Gasteiger partial charge >= 0.3 is 0 Å². The van der Waals surface area contributed by atoms with Crippen LogP contribution >= 0.6 is 0 Å². The highest BCUT2D eigenvalue weighted by Gasteiger charge is 2.33. The Morgan fingerprint density at radius 3 is 2.47 bits per heavy atom. The molecular weight excluding hydrogens is 478 g/mol. The summed E-state index contributed by atoms with van der Waals surface area (Å²) in [4.78, 5) is 24.8. The molecule has 8 heteroatoms. The summed E-state index contributed by atoms with van der Waals surface area (Å²) in [7, 11) is 3.93. The Balaban J connectivity index is 0.00000164. The predicted octanol–water partition coefficient (Wildman–Crippen LogP) is 5.34. The van der Waals surface area contributed by atoms with E-state index in [-0.39, 0.29) is 5.91 Å². The minimum absolute atomic E-state index is 0.0450. The molecule has 4 heterocycles. The zero-order valence-electron chi connectivity index (χ0n) is 22.8. The highest BCUT2D eigenvalue weighted by molar-refractivity contribution is 5.91. The molecule has 0 aliphatic carbocycles. The molecule has 0 spiro atoms. The lowest BCUT2D eigenvalue weighted by Crippen LogP contribution is -2.49. The van der Waals surface area contributed by atoms with E-state index in [0.29, 0.717) is 30.8 Å². The number of pyridine rings is 1. The number of methoxy groups -OCH3 is 1. The fraction of sp³-hybridized carbons (Fsp3) is 0.433. The standard InChI is InChI=1S/C29H36N4O3.CHN/c1-20(2)24-19-23(21-8-5-9-22(18-21)35-4)27(25-10-6-12-31(25)3)28(30-24)32-13-15-33(16-14-32)29(34)26-11-7-17-36-26;1-2/h5,7-9,11,17-20,25H,6,10,12-16H2,1-4H3;1H. The second-order valence-corrected chi connectivity index (χ2v) is 10.1. The molecule has 0 radical (unpaired) electrons. The normalized spacial score (nSPS) is 17.8. The quantitative estimate of drug-likeness (QED) is 0.438. The van der Waals surface area contributed by atoms with Gasteiger partial charge in [0.2, 0.25) is 0 Å². The Kier molecular flexibility index (Phi) is 8.70. The monoisotopic (exact) mass is 515 g/mol. The van der Waals surface area contributed by atoms with Crippen molar-refractivity contribution in [2.75, 3.05) is 51.8 Å². The fourth-order valence-electron chi connectivity index (χ4n) is 5.41. The van der Waals surface area contributed by atoms with Gasteiger partial charge in [-0.2, -0.15) is 0 Å². The van der Waals surface area contributed by atoms with Crippen LogP contribution < -0.4 is 9.64 Å². The van der Waals surface area contributed by atoms with Crippen molar-refractivity contribution in [3.63, 3.8) is 0 Å². The van der Waals surface area contributed by atoms with Gasteiger partial charge in [-0.1, -0.05) is 26.0 Å². The van der Waals surface area contributed by atoms with E-state index in [9.17, 15) is 4.79 Å². The molecule has 200 valence electrons. The number of hydrogen-bond acceptors (Lipinski definition) is 7. The number of nitrogens with zero attached hydrogens (tertiary/aromatic N) is 5. The fourth-order valence-corrected chi connectivity index (χ4v) is 5.41. The summed E-state index contributed by atoms with van der Waals surface area (Å²) in [5, 5.41) is 6.50. The first-order chi connectivity index (χ1) is 18.5. The maximum Gasteiger partial charge on any atom is 0.289 e. The summed E-state index contributed by atoms with van der Waals surface area (Å²) >= 11 is 0. The van der Waals surface area contributed by atoms with Gasteiger partial charge in [-0.05, 0) is 73.8 Å². The molecule has 1 amide bonds. The molecule has 2 aliphatic heterocycles. The molecule has 38 heavy (non-hydrogen) atoms. The first kappa shape index (κ1) is 27.2. The maximum absolute atomic E-state index is 12.8. The van der Waals surface area contributed by atoms with Crippen LogP contribution in [-0.4, -0.2) is 67.6 Å². The van der Waals surface area contributed by atoms with Crippen molar-refractivity contribution in [3.05, 3.63) is 65.7 Å². The molecule has 1 aromatic carbocycles. The summed E-state index contributed by atoms with van der Waals surface area (Å²) < 4.78 is 10.9. The van der Waals surface area contributed by atoms with Crippen LogP contribution in [0.4, 0.5) is 5.82 Å². The largest absolute Gasteiger partial charge is 0.497 e. The second-order valence-electron chi connectivity index (χ2n) is 10.1. The number of likely N-dealkylation sites (tertiary alicyclic amines) is 1. The Bertz CT molecular complexity index is 1250. The van der Waals surface area contributed by atoms with Crippen LogP contribution in [0.5, 0.6) is 5.75 Å². The number of carbonyl (C=O) groups is 1. The van der Waals surface area contributed by atoms with E-state index in [1.165, 1.54) is 17.5 Å². The first-order valence-electron chi connectivity index (χ1n) is 13.2. The zero-order chi connectivity index (χ0) is 27.2. The average molecular weight is 516 g/mol. The van der Waals surface area contributed by atoms with E-state index in [0.717, 1.165) is 48.9 Å². The van der Waals surface area contributed by atoms with Gasteiger partial charge in [0.15, 0.2) is 5.76 Å². The molecule has 1 unspecified atom stereocenters. The van der Waals surface area contributed by atoms with Crippen molar-refractivity contribution < 1.29 is 13.9 Å². The van der Waals surface area contributed by atoms with Crippen molar-refractivity contribution >= 4 is 11.7 Å². The lowest BCUT2D eigenvalue weighted by molar-refractivity contribution is 0.0714. The van der Waals surface area contributed by atoms with Gasteiger partial charge in [-0.15, -0.1) is 0 Å². The molecule has 2 aromatic heterocycles. The highest BCUT2D eigenvalue weighted by Crippen LogP contribution is 2.43. The highest BCUT2D eigenvalue weighted by atomic mass is 16.5. The minimum Gasteiger partial charge on any atom is -0.497 e. The number of rotatable bonds is 6. The third-order valence-corrected chi connectivity index (χ3v) is 7.48. The van der Waals surface area contributed by atoms with Crippen molar-refractivity contribution in [1.29, 1.82) is 5.26 Å². The van der Waals surface area contributed by atoms with Crippen LogP contribution in [0.15, 0.2) is 53.1 Å². The number of ether oxygens (including phenoxy) is 1. The summed E-state index contributed by atoms with van der Waals surface area (Å²) in [6.07, 6.45) is 3.84. The van der Waals surface area contributed by atoms with Gasteiger partial charge in [0.05, 0.1) is 13.4 Å². The van der Waals surface area contributed by atoms with Crippen molar-refractivity contribution in [2.45, 2.75) is 38.6 Å². The number of benzene rings is 1. The zero-order valence-corrected chi connectivity index (χ0v) is 22.8. The number of nitriles is 1. The third kappa shape index (κ3) is 5.53. The van der Waals surface area contributed by atoms with Gasteiger partial charge in [-0.3, -0.25) is 9.69 Å². The van der Waals surface area contributed by atoms with E-state index in [4.69, 9.17) is 19.4 Å². The Morgan fingerprint density at radius 2 is 1.87 bits per heavy atom. The van der Waals surface area contributed by atoms with Gasteiger partial charge < -0.3 is 19.0 Å². The molecule has 2 saturated heterocycles. The van der Waals surface area contributed by atoms with Gasteiger partial charge in [-0.25, -0.2) is 10.2 Å². The molecule has 2 aliphatic rings. The maximum atomic E-state index is 12.8. The van der Waals surface area contributed by atoms with Gasteiger partial charge in [0.25, 0.3) is 5.91 Å². The Labute approximate surface area is 225 Å². The van der Waals surface area contributed by atoms with Crippen molar-refractivity contribution in [1.82, 2.24) is 14.8 Å². The molecule has 0 N–H and O–H groups in total. The van der Waals surface area contributed by atoms with Gasteiger partial charge in [0.1, 0.15) is 11.6 Å². The van der Waals surface area contributed by atoms with Crippen LogP contribution in [0.1, 0.15) is 60.5 Å². The number of furan rings is 1. The second kappa shape index (κ2) is 12.1. The molecule has 0 bridgehead atoms. The van der Waals surface area contributed by atoms with Crippen molar-refractivity contribution in [2.24, 2.45) is 0 Å². The molecule has 5 rings (SSSR count). The van der Waals surface area contributed by atoms with Crippen LogP contribution in [-0.2, 0) is 0 Å².